The van der Waals surface area contributed by atoms with Crippen LogP contribution in [0, 0.1) is 5.82 Å². The molecule has 0 spiro atoms. The Bertz CT molecular complexity index is 744. The van der Waals surface area contributed by atoms with Crippen molar-refractivity contribution in [3.8, 4) is 5.75 Å². The number of hydrogen-bond donors (Lipinski definition) is 0. The van der Waals surface area contributed by atoms with Crippen LogP contribution in [0.15, 0.2) is 53.4 Å². The number of ether oxygens (including phenoxy) is 1. The Hall–Kier alpha value is -1.92. The molecule has 0 aromatic heterocycles. The van der Waals surface area contributed by atoms with Crippen molar-refractivity contribution in [3.63, 3.8) is 0 Å². The summed E-state index contributed by atoms with van der Waals surface area (Å²) in [6.45, 7) is 1.75. The molecule has 0 fully saturated rings. The largest absolute Gasteiger partial charge is 0.495 e. The monoisotopic (exact) mass is 323 g/mol. The van der Waals surface area contributed by atoms with E-state index in [0.717, 1.165) is 0 Å². The van der Waals surface area contributed by atoms with Gasteiger partial charge in [0, 0.05) is 13.1 Å². The van der Waals surface area contributed by atoms with Crippen molar-refractivity contribution in [2.45, 2.75) is 17.9 Å². The molecule has 4 nitrogen and oxygen atoms in total. The highest BCUT2D eigenvalue weighted by atomic mass is 32.2. The highest BCUT2D eigenvalue weighted by Crippen LogP contribution is 2.30. The van der Waals surface area contributed by atoms with E-state index in [-0.39, 0.29) is 10.7 Å². The normalized spacial score (nSPS) is 13.1. The fourth-order valence-corrected chi connectivity index (χ4v) is 3.65. The average Bonchev–Trinajstić information content (AvgIpc) is 2.54. The number of para-hydroxylation sites is 1. The summed E-state index contributed by atoms with van der Waals surface area (Å²) in [6, 6.07) is 11.8. The quantitative estimate of drug-likeness (QED) is 0.849. The van der Waals surface area contributed by atoms with Crippen molar-refractivity contribution in [1.29, 1.82) is 0 Å². The molecular formula is C16H18FNO3S. The van der Waals surface area contributed by atoms with Crippen LogP contribution in [-0.2, 0) is 10.0 Å². The number of hydrogen-bond acceptors (Lipinski definition) is 3. The van der Waals surface area contributed by atoms with Crippen molar-refractivity contribution in [2.24, 2.45) is 0 Å². The first-order valence-corrected chi connectivity index (χ1v) is 8.18. The summed E-state index contributed by atoms with van der Waals surface area (Å²) >= 11 is 0. The summed E-state index contributed by atoms with van der Waals surface area (Å²) < 4.78 is 44.9. The molecule has 0 aliphatic carbocycles. The minimum absolute atomic E-state index is 0.106. The molecule has 0 saturated heterocycles. The highest BCUT2D eigenvalue weighted by molar-refractivity contribution is 7.89. The summed E-state index contributed by atoms with van der Waals surface area (Å²) in [5.74, 6) is -0.0631. The van der Waals surface area contributed by atoms with Gasteiger partial charge in [-0.25, -0.2) is 12.8 Å². The van der Waals surface area contributed by atoms with Gasteiger partial charge in [0.05, 0.1) is 7.11 Å². The topological polar surface area (TPSA) is 46.6 Å². The van der Waals surface area contributed by atoms with Crippen molar-refractivity contribution in [2.75, 3.05) is 14.2 Å². The predicted molar refractivity (Wildman–Crippen MR) is 82.8 cm³/mol. The molecule has 2 aromatic carbocycles. The number of halogens is 1. The third kappa shape index (κ3) is 3.13. The lowest BCUT2D eigenvalue weighted by Crippen LogP contribution is -2.30. The molecule has 0 aliphatic heterocycles. The fourth-order valence-electron chi connectivity index (χ4n) is 2.15. The van der Waals surface area contributed by atoms with E-state index in [0.29, 0.717) is 11.3 Å². The molecule has 2 rings (SSSR count). The van der Waals surface area contributed by atoms with Crippen LogP contribution >= 0.6 is 0 Å². The summed E-state index contributed by atoms with van der Waals surface area (Å²) in [7, 11) is -0.801. The third-order valence-corrected chi connectivity index (χ3v) is 5.59. The maximum Gasteiger partial charge on any atom is 0.247 e. The van der Waals surface area contributed by atoms with E-state index >= 15 is 0 Å². The van der Waals surface area contributed by atoms with Gasteiger partial charge in [0.1, 0.15) is 16.5 Å². The van der Waals surface area contributed by atoms with E-state index in [9.17, 15) is 12.8 Å². The first-order chi connectivity index (χ1) is 10.4. The van der Waals surface area contributed by atoms with Crippen LogP contribution in [0.3, 0.4) is 0 Å². The van der Waals surface area contributed by atoms with Gasteiger partial charge in [0.2, 0.25) is 10.0 Å². The maximum atomic E-state index is 13.0. The molecule has 1 unspecified atom stereocenters. The molecule has 0 saturated carbocycles. The highest BCUT2D eigenvalue weighted by Gasteiger charge is 2.28. The van der Waals surface area contributed by atoms with E-state index in [1.54, 1.807) is 37.3 Å². The standard InChI is InChI=1S/C16H18FNO3S/c1-12(13-8-10-14(17)11-9-13)18(2)22(19,20)16-7-5-4-6-15(16)21-3/h4-12H,1-3H3. The molecule has 0 aliphatic rings. The van der Waals surface area contributed by atoms with Gasteiger partial charge in [0.15, 0.2) is 0 Å². The Kier molecular flexibility index (Phi) is 4.83. The average molecular weight is 323 g/mol. The summed E-state index contributed by atoms with van der Waals surface area (Å²) in [5, 5.41) is 0. The number of nitrogens with zero attached hydrogens (tertiary/aromatic N) is 1. The van der Waals surface area contributed by atoms with Crippen LogP contribution in [-0.4, -0.2) is 26.9 Å². The third-order valence-electron chi connectivity index (χ3n) is 3.62. The Labute approximate surface area is 130 Å². The van der Waals surface area contributed by atoms with Gasteiger partial charge in [-0.15, -0.1) is 0 Å². The maximum absolute atomic E-state index is 13.0. The first kappa shape index (κ1) is 16.5. The van der Waals surface area contributed by atoms with Crippen LogP contribution in [0.1, 0.15) is 18.5 Å². The first-order valence-electron chi connectivity index (χ1n) is 6.74. The summed E-state index contributed by atoms with van der Waals surface area (Å²) in [4.78, 5) is 0.106. The Morgan fingerprint density at radius 2 is 1.68 bits per heavy atom. The van der Waals surface area contributed by atoms with Gasteiger partial charge < -0.3 is 4.74 Å². The minimum atomic E-state index is -3.72. The van der Waals surface area contributed by atoms with Crippen LogP contribution in [0.25, 0.3) is 0 Å². The predicted octanol–water partition coefficient (Wildman–Crippen LogP) is 3.22. The van der Waals surface area contributed by atoms with Crippen molar-refractivity contribution >= 4 is 10.0 Å². The molecule has 0 heterocycles. The van der Waals surface area contributed by atoms with Crippen LogP contribution in [0.5, 0.6) is 5.75 Å². The Balaban J connectivity index is 2.38. The van der Waals surface area contributed by atoms with Crippen LogP contribution in [0.2, 0.25) is 0 Å². The van der Waals surface area contributed by atoms with Crippen LogP contribution in [0.4, 0.5) is 4.39 Å². The zero-order valence-corrected chi connectivity index (χ0v) is 13.5. The zero-order valence-electron chi connectivity index (χ0n) is 12.7. The smallest absolute Gasteiger partial charge is 0.247 e. The lowest BCUT2D eigenvalue weighted by atomic mass is 10.1. The molecule has 0 N–H and O–H groups in total. The van der Waals surface area contributed by atoms with Crippen molar-refractivity contribution in [1.82, 2.24) is 4.31 Å². The number of methoxy groups -OCH3 is 1. The van der Waals surface area contributed by atoms with Gasteiger partial charge in [-0.1, -0.05) is 24.3 Å². The number of sulfonamides is 1. The summed E-state index contributed by atoms with van der Waals surface area (Å²) in [5.41, 5.74) is 0.711. The number of benzene rings is 2. The molecule has 0 radical (unpaired) electrons. The molecule has 118 valence electrons. The van der Waals surface area contributed by atoms with Crippen molar-refractivity contribution < 1.29 is 17.5 Å². The van der Waals surface area contributed by atoms with Gasteiger partial charge >= 0.3 is 0 Å². The summed E-state index contributed by atoms with van der Waals surface area (Å²) in [6.07, 6.45) is 0. The molecule has 0 amide bonds. The molecule has 1 atom stereocenters. The molecular weight excluding hydrogens is 305 g/mol. The van der Waals surface area contributed by atoms with Gasteiger partial charge in [-0.3, -0.25) is 0 Å². The molecule has 22 heavy (non-hydrogen) atoms. The second-order valence-electron chi connectivity index (χ2n) is 4.90. The second kappa shape index (κ2) is 6.46. The Morgan fingerprint density at radius 1 is 1.09 bits per heavy atom. The minimum Gasteiger partial charge on any atom is -0.495 e. The van der Waals surface area contributed by atoms with E-state index < -0.39 is 16.1 Å². The second-order valence-corrected chi connectivity index (χ2v) is 6.87. The fraction of sp³-hybridized carbons (Fsp3) is 0.250. The van der Waals surface area contributed by atoms with E-state index in [1.165, 1.54) is 36.7 Å². The molecule has 6 heteroatoms. The molecule has 2 aromatic rings. The van der Waals surface area contributed by atoms with E-state index in [2.05, 4.69) is 0 Å². The molecule has 0 bridgehead atoms. The van der Waals surface area contributed by atoms with Gasteiger partial charge in [-0.2, -0.15) is 4.31 Å². The number of rotatable bonds is 5. The van der Waals surface area contributed by atoms with Gasteiger partial charge in [-0.05, 0) is 36.8 Å². The van der Waals surface area contributed by atoms with Crippen molar-refractivity contribution in [3.05, 3.63) is 59.9 Å². The van der Waals surface area contributed by atoms with E-state index in [4.69, 9.17) is 4.74 Å². The lowest BCUT2D eigenvalue weighted by molar-refractivity contribution is 0.382. The Morgan fingerprint density at radius 3 is 2.27 bits per heavy atom. The van der Waals surface area contributed by atoms with Gasteiger partial charge in [0.25, 0.3) is 0 Å². The SMILES string of the molecule is COc1ccccc1S(=O)(=O)N(C)C(C)c1ccc(F)cc1. The van der Waals surface area contributed by atoms with Crippen LogP contribution < -0.4 is 4.74 Å². The lowest BCUT2D eigenvalue weighted by Gasteiger charge is -2.25. The van der Waals surface area contributed by atoms with E-state index in [1.807, 2.05) is 0 Å². The zero-order chi connectivity index (χ0) is 16.3.